The van der Waals surface area contributed by atoms with Crippen LogP contribution in [0.1, 0.15) is 18.7 Å². The van der Waals surface area contributed by atoms with Gasteiger partial charge in [-0.3, -0.25) is 0 Å². The number of nitrogens with one attached hydrogen (secondary N) is 1. The minimum atomic E-state index is 0.165. The van der Waals surface area contributed by atoms with Gasteiger partial charge < -0.3 is 10.1 Å². The van der Waals surface area contributed by atoms with Gasteiger partial charge in [0.2, 0.25) is 0 Å². The molecule has 0 spiro atoms. The van der Waals surface area contributed by atoms with Gasteiger partial charge in [-0.15, -0.1) is 0 Å². The molecule has 0 aliphatic carbocycles. The van der Waals surface area contributed by atoms with Crippen LogP contribution in [0, 0.1) is 0 Å². The summed E-state index contributed by atoms with van der Waals surface area (Å²) >= 11 is 0. The van der Waals surface area contributed by atoms with Crippen molar-refractivity contribution < 1.29 is 4.74 Å². The van der Waals surface area contributed by atoms with Gasteiger partial charge in [-0.1, -0.05) is 6.92 Å². The average molecular weight is 181 g/mol. The number of hydrogen-bond donors (Lipinski definition) is 1. The van der Waals surface area contributed by atoms with Crippen molar-refractivity contribution in [3.8, 4) is 0 Å². The third kappa shape index (κ3) is 3.08. The molecule has 0 bridgehead atoms. The monoisotopic (exact) mass is 181 g/mol. The molecule has 1 unspecified atom stereocenters. The zero-order chi connectivity index (χ0) is 9.52. The van der Waals surface area contributed by atoms with Crippen molar-refractivity contribution in [1.82, 2.24) is 15.3 Å². The minimum absolute atomic E-state index is 0.165. The highest BCUT2D eigenvalue weighted by molar-refractivity contribution is 5.04. The minimum Gasteiger partial charge on any atom is -0.383 e. The van der Waals surface area contributed by atoms with E-state index in [1.807, 2.05) is 6.07 Å². The summed E-state index contributed by atoms with van der Waals surface area (Å²) in [6.07, 6.45) is 3.29. The number of likely N-dealkylation sites (N-methyl/N-ethyl adjacent to an activating group) is 1. The third-order valence-electron chi connectivity index (χ3n) is 1.75. The van der Waals surface area contributed by atoms with Crippen molar-refractivity contribution >= 4 is 0 Å². The Kier molecular flexibility index (Phi) is 4.35. The lowest BCUT2D eigenvalue weighted by atomic mass is 10.2. The summed E-state index contributed by atoms with van der Waals surface area (Å²) < 4.78 is 5.09. The summed E-state index contributed by atoms with van der Waals surface area (Å²) in [7, 11) is 1.69. The lowest BCUT2D eigenvalue weighted by Crippen LogP contribution is -2.25. The predicted octanol–water partition coefficient (Wildman–Crippen LogP) is 0.774. The number of rotatable bonds is 5. The number of hydrogen-bond acceptors (Lipinski definition) is 4. The topological polar surface area (TPSA) is 47.0 Å². The van der Waals surface area contributed by atoms with Gasteiger partial charge in [0.05, 0.1) is 18.3 Å². The van der Waals surface area contributed by atoms with E-state index in [-0.39, 0.29) is 6.04 Å². The molecule has 0 fully saturated rings. The number of aromatic nitrogens is 2. The van der Waals surface area contributed by atoms with Gasteiger partial charge in [0, 0.05) is 13.3 Å². The van der Waals surface area contributed by atoms with E-state index in [9.17, 15) is 0 Å². The molecule has 1 rings (SSSR count). The van der Waals surface area contributed by atoms with Gasteiger partial charge in [-0.2, -0.15) is 0 Å². The first-order valence-electron chi connectivity index (χ1n) is 4.36. The van der Waals surface area contributed by atoms with Crippen LogP contribution in [0.2, 0.25) is 0 Å². The summed E-state index contributed by atoms with van der Waals surface area (Å²) in [5, 5.41) is 3.28. The molecule has 0 radical (unpaired) electrons. The van der Waals surface area contributed by atoms with E-state index in [0.717, 1.165) is 12.2 Å². The molecule has 1 atom stereocenters. The number of ether oxygens (including phenoxy) is 1. The molecule has 4 heteroatoms. The van der Waals surface area contributed by atoms with E-state index in [1.54, 1.807) is 19.6 Å². The Hall–Kier alpha value is -1.00. The van der Waals surface area contributed by atoms with Gasteiger partial charge in [-0.05, 0) is 12.6 Å². The summed E-state index contributed by atoms with van der Waals surface area (Å²) in [4.78, 5) is 8.03. The first kappa shape index (κ1) is 10.1. The van der Waals surface area contributed by atoms with Crippen molar-refractivity contribution in [3.63, 3.8) is 0 Å². The molecule has 1 N–H and O–H groups in total. The molecule has 0 aliphatic rings. The van der Waals surface area contributed by atoms with E-state index in [0.29, 0.717) is 6.61 Å². The SMILES string of the molecule is CCNC(COC)c1ccncn1. The molecule has 0 aromatic carbocycles. The van der Waals surface area contributed by atoms with Gasteiger partial charge >= 0.3 is 0 Å². The first-order valence-corrected chi connectivity index (χ1v) is 4.36. The van der Waals surface area contributed by atoms with E-state index in [1.165, 1.54) is 0 Å². The fourth-order valence-electron chi connectivity index (χ4n) is 1.17. The average Bonchev–Trinajstić information content (AvgIpc) is 2.19. The maximum atomic E-state index is 5.09. The molecular formula is C9H15N3O. The highest BCUT2D eigenvalue weighted by Crippen LogP contribution is 2.07. The Labute approximate surface area is 78.4 Å². The lowest BCUT2D eigenvalue weighted by Gasteiger charge is -2.15. The van der Waals surface area contributed by atoms with Crippen LogP contribution in [0.25, 0.3) is 0 Å². The zero-order valence-electron chi connectivity index (χ0n) is 8.03. The van der Waals surface area contributed by atoms with Gasteiger partial charge in [0.25, 0.3) is 0 Å². The molecule has 0 amide bonds. The van der Waals surface area contributed by atoms with Crippen LogP contribution in [0.15, 0.2) is 18.6 Å². The van der Waals surface area contributed by atoms with Crippen LogP contribution < -0.4 is 5.32 Å². The Balaban J connectivity index is 2.64. The van der Waals surface area contributed by atoms with E-state index < -0.39 is 0 Å². The standard InChI is InChI=1S/C9H15N3O/c1-3-11-9(6-13-2)8-4-5-10-7-12-8/h4-5,7,9,11H,3,6H2,1-2H3. The lowest BCUT2D eigenvalue weighted by molar-refractivity contribution is 0.166. The molecule has 0 saturated heterocycles. The molecule has 0 aliphatic heterocycles. The second-order valence-electron chi connectivity index (χ2n) is 2.70. The van der Waals surface area contributed by atoms with Crippen molar-refractivity contribution in [1.29, 1.82) is 0 Å². The van der Waals surface area contributed by atoms with Gasteiger partial charge in [0.1, 0.15) is 6.33 Å². The maximum absolute atomic E-state index is 5.09. The largest absolute Gasteiger partial charge is 0.383 e. The van der Waals surface area contributed by atoms with Gasteiger partial charge in [-0.25, -0.2) is 9.97 Å². The van der Waals surface area contributed by atoms with E-state index >= 15 is 0 Å². The van der Waals surface area contributed by atoms with E-state index in [2.05, 4.69) is 22.2 Å². The normalized spacial score (nSPS) is 12.8. The van der Waals surface area contributed by atoms with Crippen molar-refractivity contribution in [2.24, 2.45) is 0 Å². The summed E-state index contributed by atoms with van der Waals surface area (Å²) in [5.74, 6) is 0. The Morgan fingerprint density at radius 3 is 3.00 bits per heavy atom. The molecule has 0 saturated carbocycles. The second kappa shape index (κ2) is 5.61. The molecule has 1 aromatic rings. The number of methoxy groups -OCH3 is 1. The Bertz CT molecular complexity index is 222. The molecule has 1 aromatic heterocycles. The summed E-state index contributed by atoms with van der Waals surface area (Å²) in [6.45, 7) is 3.59. The van der Waals surface area contributed by atoms with E-state index in [4.69, 9.17) is 4.74 Å². The van der Waals surface area contributed by atoms with Gasteiger partial charge in [0.15, 0.2) is 0 Å². The van der Waals surface area contributed by atoms with Crippen LogP contribution in [0.4, 0.5) is 0 Å². The van der Waals surface area contributed by atoms with Crippen LogP contribution in [0.3, 0.4) is 0 Å². The highest BCUT2D eigenvalue weighted by Gasteiger charge is 2.09. The molecule has 4 nitrogen and oxygen atoms in total. The summed E-state index contributed by atoms with van der Waals surface area (Å²) in [5.41, 5.74) is 0.971. The summed E-state index contributed by atoms with van der Waals surface area (Å²) in [6, 6.07) is 2.06. The fourth-order valence-corrected chi connectivity index (χ4v) is 1.17. The zero-order valence-corrected chi connectivity index (χ0v) is 8.03. The second-order valence-corrected chi connectivity index (χ2v) is 2.70. The molecule has 13 heavy (non-hydrogen) atoms. The number of nitrogens with zero attached hydrogens (tertiary/aromatic N) is 2. The van der Waals surface area contributed by atoms with Crippen molar-refractivity contribution in [2.45, 2.75) is 13.0 Å². The highest BCUT2D eigenvalue weighted by atomic mass is 16.5. The quantitative estimate of drug-likeness (QED) is 0.729. The predicted molar refractivity (Wildman–Crippen MR) is 50.3 cm³/mol. The Morgan fingerprint density at radius 2 is 2.46 bits per heavy atom. The van der Waals surface area contributed by atoms with Crippen molar-refractivity contribution in [2.75, 3.05) is 20.3 Å². The van der Waals surface area contributed by atoms with Crippen molar-refractivity contribution in [3.05, 3.63) is 24.3 Å². The molecular weight excluding hydrogens is 166 g/mol. The fraction of sp³-hybridized carbons (Fsp3) is 0.556. The molecule has 72 valence electrons. The molecule has 1 heterocycles. The van der Waals surface area contributed by atoms with Crippen LogP contribution in [-0.2, 0) is 4.74 Å². The van der Waals surface area contributed by atoms with Crippen LogP contribution in [-0.4, -0.2) is 30.2 Å². The third-order valence-corrected chi connectivity index (χ3v) is 1.75. The van der Waals surface area contributed by atoms with Crippen LogP contribution >= 0.6 is 0 Å². The maximum Gasteiger partial charge on any atom is 0.115 e. The Morgan fingerprint density at radius 1 is 1.62 bits per heavy atom. The first-order chi connectivity index (χ1) is 6.38. The smallest absolute Gasteiger partial charge is 0.115 e. The van der Waals surface area contributed by atoms with Crippen LogP contribution in [0.5, 0.6) is 0 Å².